The first-order valence-electron chi connectivity index (χ1n) is 8.14. The van der Waals surface area contributed by atoms with Gasteiger partial charge in [-0.15, -0.1) is 0 Å². The second-order valence-electron chi connectivity index (χ2n) is 5.33. The van der Waals surface area contributed by atoms with Crippen LogP contribution in [0.5, 0.6) is 0 Å². The Hall–Kier alpha value is -1.80. The predicted octanol–water partition coefficient (Wildman–Crippen LogP) is 2.47. The fourth-order valence-electron chi connectivity index (χ4n) is 2.03. The van der Waals surface area contributed by atoms with E-state index in [9.17, 15) is 13.2 Å². The van der Waals surface area contributed by atoms with E-state index < -0.39 is 11.7 Å². The van der Waals surface area contributed by atoms with Crippen LogP contribution >= 0.6 is 0 Å². The van der Waals surface area contributed by atoms with Crippen molar-refractivity contribution in [2.24, 2.45) is 4.99 Å². The van der Waals surface area contributed by atoms with Crippen molar-refractivity contribution in [1.29, 1.82) is 0 Å². The molecule has 0 bridgehead atoms. The highest BCUT2D eigenvalue weighted by Crippen LogP contribution is 2.29. The molecule has 0 saturated heterocycles. The van der Waals surface area contributed by atoms with Gasteiger partial charge in [0.05, 0.1) is 18.8 Å². The molecule has 8 heteroatoms. The summed E-state index contributed by atoms with van der Waals surface area (Å²) in [7, 11) is 3.30. The number of ether oxygens (including phenoxy) is 2. The summed E-state index contributed by atoms with van der Waals surface area (Å²) < 4.78 is 47.8. The summed E-state index contributed by atoms with van der Waals surface area (Å²) in [5.74, 6) is 0.656. The maximum absolute atomic E-state index is 12.5. The molecule has 0 aliphatic carbocycles. The number of halogens is 3. The van der Waals surface area contributed by atoms with E-state index in [1.807, 2.05) is 0 Å². The number of alkyl halides is 3. The van der Waals surface area contributed by atoms with Crippen molar-refractivity contribution in [3.8, 4) is 0 Å². The van der Waals surface area contributed by atoms with Crippen LogP contribution in [0.4, 0.5) is 13.2 Å². The Bertz CT molecular complexity index is 505. The Morgan fingerprint density at radius 2 is 1.72 bits per heavy atom. The quantitative estimate of drug-likeness (QED) is 0.382. The highest BCUT2D eigenvalue weighted by molar-refractivity contribution is 5.79. The Morgan fingerprint density at radius 1 is 1.04 bits per heavy atom. The van der Waals surface area contributed by atoms with Gasteiger partial charge in [-0.05, 0) is 30.5 Å². The molecule has 2 N–H and O–H groups in total. The van der Waals surface area contributed by atoms with Gasteiger partial charge in [-0.1, -0.05) is 12.1 Å². The first-order valence-corrected chi connectivity index (χ1v) is 8.14. The van der Waals surface area contributed by atoms with E-state index in [1.54, 1.807) is 14.2 Å². The van der Waals surface area contributed by atoms with Crippen molar-refractivity contribution in [3.63, 3.8) is 0 Å². The van der Waals surface area contributed by atoms with Gasteiger partial charge in [0.15, 0.2) is 5.96 Å². The first-order chi connectivity index (χ1) is 12.0. The van der Waals surface area contributed by atoms with Crippen LogP contribution in [0, 0.1) is 0 Å². The van der Waals surface area contributed by atoms with Crippen molar-refractivity contribution in [1.82, 2.24) is 10.6 Å². The van der Waals surface area contributed by atoms with E-state index in [2.05, 4.69) is 15.6 Å². The van der Waals surface area contributed by atoms with Crippen molar-refractivity contribution < 1.29 is 22.6 Å². The summed E-state index contributed by atoms with van der Waals surface area (Å²) in [5, 5.41) is 6.28. The number of nitrogens with one attached hydrogen (secondary N) is 2. The number of aliphatic imine (C=N–C) groups is 1. The Kier molecular flexibility index (Phi) is 9.94. The molecule has 0 aromatic heterocycles. The van der Waals surface area contributed by atoms with Crippen LogP contribution in [-0.2, 0) is 22.1 Å². The summed E-state index contributed by atoms with van der Waals surface area (Å²) >= 11 is 0. The molecular weight excluding hydrogens is 335 g/mol. The lowest BCUT2D eigenvalue weighted by Crippen LogP contribution is -2.39. The van der Waals surface area contributed by atoms with Gasteiger partial charge in [-0.3, -0.25) is 4.99 Å². The Labute approximate surface area is 146 Å². The third-order valence-corrected chi connectivity index (χ3v) is 3.40. The van der Waals surface area contributed by atoms with Crippen LogP contribution in [0.15, 0.2) is 29.3 Å². The molecule has 1 rings (SSSR count). The van der Waals surface area contributed by atoms with Gasteiger partial charge in [0.2, 0.25) is 0 Å². The number of nitrogens with zero attached hydrogens (tertiary/aromatic N) is 1. The summed E-state index contributed by atoms with van der Waals surface area (Å²) in [6.07, 6.45) is -2.85. The van der Waals surface area contributed by atoms with Crippen molar-refractivity contribution in [2.75, 3.05) is 47.1 Å². The number of rotatable bonds is 10. The normalized spacial score (nSPS) is 12.3. The molecule has 0 spiro atoms. The molecule has 0 saturated carbocycles. The van der Waals surface area contributed by atoms with Crippen LogP contribution in [0.2, 0.25) is 0 Å². The minimum Gasteiger partial charge on any atom is -0.382 e. The van der Waals surface area contributed by atoms with Gasteiger partial charge in [0, 0.05) is 33.9 Å². The third kappa shape index (κ3) is 9.31. The zero-order valence-electron chi connectivity index (χ0n) is 14.7. The zero-order valence-corrected chi connectivity index (χ0v) is 14.7. The summed E-state index contributed by atoms with van der Waals surface area (Å²) in [5.41, 5.74) is 0.205. The van der Waals surface area contributed by atoms with Gasteiger partial charge in [0.25, 0.3) is 0 Å². The molecule has 0 aliphatic rings. The lowest BCUT2D eigenvalue weighted by Gasteiger charge is -2.12. The van der Waals surface area contributed by atoms with Crippen molar-refractivity contribution in [2.45, 2.75) is 19.0 Å². The standard InChI is InChI=1S/C17H26F3N3O2/c1-21-16(22-9-3-11-25-13-12-24-2)23-10-8-14-4-6-15(7-5-14)17(18,19)20/h4-7H,3,8-13H2,1-2H3,(H2,21,22,23). The lowest BCUT2D eigenvalue weighted by atomic mass is 10.1. The highest BCUT2D eigenvalue weighted by Gasteiger charge is 2.29. The molecule has 0 amide bonds. The molecule has 0 atom stereocenters. The Balaban J connectivity index is 2.20. The van der Waals surface area contributed by atoms with Crippen LogP contribution in [0.25, 0.3) is 0 Å². The van der Waals surface area contributed by atoms with E-state index in [-0.39, 0.29) is 0 Å². The van der Waals surface area contributed by atoms with Gasteiger partial charge in [-0.2, -0.15) is 13.2 Å². The second kappa shape index (κ2) is 11.7. The largest absolute Gasteiger partial charge is 0.416 e. The number of hydrogen-bond donors (Lipinski definition) is 2. The number of hydrogen-bond acceptors (Lipinski definition) is 3. The molecule has 1 aromatic rings. The Morgan fingerprint density at radius 3 is 2.32 bits per heavy atom. The molecule has 142 valence electrons. The minimum absolute atomic E-state index is 0.579. The first kappa shape index (κ1) is 21.2. The van der Waals surface area contributed by atoms with E-state index >= 15 is 0 Å². The van der Waals surface area contributed by atoms with E-state index in [0.29, 0.717) is 45.3 Å². The summed E-state index contributed by atoms with van der Waals surface area (Å²) in [4.78, 5) is 4.10. The number of benzene rings is 1. The van der Waals surface area contributed by atoms with E-state index in [4.69, 9.17) is 9.47 Å². The van der Waals surface area contributed by atoms with Crippen molar-refractivity contribution in [3.05, 3.63) is 35.4 Å². The predicted molar refractivity (Wildman–Crippen MR) is 91.8 cm³/mol. The van der Waals surface area contributed by atoms with Crippen LogP contribution in [0.3, 0.4) is 0 Å². The zero-order chi connectivity index (χ0) is 18.5. The maximum atomic E-state index is 12.5. The van der Waals surface area contributed by atoms with Crippen LogP contribution < -0.4 is 10.6 Å². The monoisotopic (exact) mass is 361 g/mol. The SMILES string of the molecule is CN=C(NCCCOCCOC)NCCc1ccc(C(F)(F)F)cc1. The smallest absolute Gasteiger partial charge is 0.382 e. The maximum Gasteiger partial charge on any atom is 0.416 e. The summed E-state index contributed by atoms with van der Waals surface area (Å²) in [6.45, 7) is 3.10. The lowest BCUT2D eigenvalue weighted by molar-refractivity contribution is -0.137. The van der Waals surface area contributed by atoms with Gasteiger partial charge in [0.1, 0.15) is 0 Å². The highest BCUT2D eigenvalue weighted by atomic mass is 19.4. The third-order valence-electron chi connectivity index (χ3n) is 3.40. The molecule has 1 aromatic carbocycles. The molecular formula is C17H26F3N3O2. The molecule has 0 radical (unpaired) electrons. The molecule has 25 heavy (non-hydrogen) atoms. The van der Waals surface area contributed by atoms with E-state index in [1.165, 1.54) is 12.1 Å². The topological polar surface area (TPSA) is 54.9 Å². The number of guanidine groups is 1. The fraction of sp³-hybridized carbons (Fsp3) is 0.588. The molecule has 0 heterocycles. The van der Waals surface area contributed by atoms with Crippen LogP contribution in [0.1, 0.15) is 17.5 Å². The van der Waals surface area contributed by atoms with E-state index in [0.717, 1.165) is 24.1 Å². The fourth-order valence-corrected chi connectivity index (χ4v) is 2.03. The van der Waals surface area contributed by atoms with Crippen LogP contribution in [-0.4, -0.2) is 53.0 Å². The van der Waals surface area contributed by atoms with Crippen molar-refractivity contribution >= 4 is 5.96 Å². The van der Waals surface area contributed by atoms with Gasteiger partial charge < -0.3 is 20.1 Å². The average molecular weight is 361 g/mol. The number of methoxy groups -OCH3 is 1. The van der Waals surface area contributed by atoms with Gasteiger partial charge >= 0.3 is 6.18 Å². The minimum atomic E-state index is -4.30. The molecule has 5 nitrogen and oxygen atoms in total. The molecule has 0 aliphatic heterocycles. The summed E-state index contributed by atoms with van der Waals surface area (Å²) in [6, 6.07) is 5.20. The average Bonchev–Trinajstić information content (AvgIpc) is 2.59. The second-order valence-corrected chi connectivity index (χ2v) is 5.33. The molecule has 0 unspecified atom stereocenters. The van der Waals surface area contributed by atoms with Gasteiger partial charge in [-0.25, -0.2) is 0 Å². The molecule has 0 fully saturated rings.